The Morgan fingerprint density at radius 1 is 1.60 bits per heavy atom. The summed E-state index contributed by atoms with van der Waals surface area (Å²) in [5.74, 6) is 1.11. The van der Waals surface area contributed by atoms with Gasteiger partial charge < -0.3 is 5.73 Å². The molecule has 0 aromatic heterocycles. The highest BCUT2D eigenvalue weighted by atomic mass is 19.3. The summed E-state index contributed by atoms with van der Waals surface area (Å²) in [4.78, 5) is 0. The summed E-state index contributed by atoms with van der Waals surface area (Å²) in [7, 11) is 0. The fourth-order valence-electron chi connectivity index (χ4n) is 1.18. The van der Waals surface area contributed by atoms with Crippen molar-refractivity contribution >= 4 is 0 Å². The number of hydrogen-bond donors (Lipinski definition) is 1. The van der Waals surface area contributed by atoms with Gasteiger partial charge in [0.15, 0.2) is 0 Å². The van der Waals surface area contributed by atoms with E-state index in [0.717, 1.165) is 6.42 Å². The SMILES string of the molecule is CC1CC1CC(N)C(F)F. The molecule has 0 spiro atoms. The minimum absolute atomic E-state index is 0.476. The molecule has 1 aliphatic carbocycles. The average molecular weight is 149 g/mol. The van der Waals surface area contributed by atoms with E-state index in [1.165, 1.54) is 0 Å². The van der Waals surface area contributed by atoms with Gasteiger partial charge in [-0.3, -0.25) is 0 Å². The third-order valence-corrected chi connectivity index (χ3v) is 2.17. The first kappa shape index (κ1) is 7.92. The van der Waals surface area contributed by atoms with Gasteiger partial charge in [0.25, 0.3) is 6.43 Å². The summed E-state index contributed by atoms with van der Waals surface area (Å²) in [5.41, 5.74) is 5.17. The van der Waals surface area contributed by atoms with E-state index in [9.17, 15) is 8.78 Å². The lowest BCUT2D eigenvalue weighted by Crippen LogP contribution is -2.29. The van der Waals surface area contributed by atoms with Gasteiger partial charge in [0.1, 0.15) is 0 Å². The summed E-state index contributed by atoms with van der Waals surface area (Å²) in [6.45, 7) is 2.07. The Hall–Kier alpha value is -0.180. The zero-order chi connectivity index (χ0) is 7.72. The molecule has 1 saturated carbocycles. The molecule has 1 rings (SSSR count). The number of rotatable bonds is 3. The van der Waals surface area contributed by atoms with Crippen LogP contribution in [0.2, 0.25) is 0 Å². The highest BCUT2D eigenvalue weighted by Gasteiger charge is 2.35. The van der Waals surface area contributed by atoms with E-state index in [4.69, 9.17) is 5.73 Å². The Kier molecular flexibility index (Phi) is 2.24. The molecule has 2 N–H and O–H groups in total. The Labute approximate surface area is 59.6 Å². The van der Waals surface area contributed by atoms with Crippen LogP contribution in [0, 0.1) is 11.8 Å². The summed E-state index contributed by atoms with van der Waals surface area (Å²) >= 11 is 0. The van der Waals surface area contributed by atoms with Gasteiger partial charge in [0.2, 0.25) is 0 Å². The first-order chi connectivity index (χ1) is 4.61. The largest absolute Gasteiger partial charge is 0.323 e. The summed E-state index contributed by atoms with van der Waals surface area (Å²) in [5, 5.41) is 0. The van der Waals surface area contributed by atoms with E-state index in [1.54, 1.807) is 0 Å². The quantitative estimate of drug-likeness (QED) is 0.648. The maximum Gasteiger partial charge on any atom is 0.253 e. The molecule has 1 aliphatic rings. The Bertz CT molecular complexity index is 116. The van der Waals surface area contributed by atoms with Crippen molar-refractivity contribution in [3.63, 3.8) is 0 Å². The van der Waals surface area contributed by atoms with E-state index < -0.39 is 12.5 Å². The van der Waals surface area contributed by atoms with Gasteiger partial charge in [-0.1, -0.05) is 6.92 Å². The van der Waals surface area contributed by atoms with E-state index >= 15 is 0 Å². The zero-order valence-electron chi connectivity index (χ0n) is 6.06. The molecule has 3 heteroatoms. The number of nitrogens with two attached hydrogens (primary N) is 1. The molecular weight excluding hydrogens is 136 g/mol. The molecule has 0 saturated heterocycles. The van der Waals surface area contributed by atoms with Crippen molar-refractivity contribution < 1.29 is 8.78 Å². The fraction of sp³-hybridized carbons (Fsp3) is 1.00. The monoisotopic (exact) mass is 149 g/mol. The van der Waals surface area contributed by atoms with Gasteiger partial charge in [0.05, 0.1) is 6.04 Å². The van der Waals surface area contributed by atoms with Crippen LogP contribution in [0.4, 0.5) is 8.78 Å². The van der Waals surface area contributed by atoms with E-state index in [-0.39, 0.29) is 0 Å². The fourth-order valence-corrected chi connectivity index (χ4v) is 1.18. The molecule has 0 aliphatic heterocycles. The molecule has 0 heterocycles. The number of halogens is 2. The maximum atomic E-state index is 11.8. The highest BCUT2D eigenvalue weighted by Crippen LogP contribution is 2.41. The van der Waals surface area contributed by atoms with E-state index in [1.807, 2.05) is 0 Å². The van der Waals surface area contributed by atoms with Crippen LogP contribution in [0.15, 0.2) is 0 Å². The molecule has 3 atom stereocenters. The van der Waals surface area contributed by atoms with Crippen molar-refractivity contribution in [1.29, 1.82) is 0 Å². The lowest BCUT2D eigenvalue weighted by molar-refractivity contribution is 0.109. The minimum atomic E-state index is -2.34. The Balaban J connectivity index is 2.13. The summed E-state index contributed by atoms with van der Waals surface area (Å²) in [6.07, 6.45) is -0.757. The Morgan fingerprint density at radius 3 is 2.40 bits per heavy atom. The third kappa shape index (κ3) is 1.90. The second-order valence-electron chi connectivity index (χ2n) is 3.21. The summed E-state index contributed by atoms with van der Waals surface area (Å²) < 4.78 is 23.6. The molecule has 0 radical (unpaired) electrons. The van der Waals surface area contributed by atoms with Crippen LogP contribution in [0.1, 0.15) is 19.8 Å². The molecule has 0 aromatic carbocycles. The predicted molar refractivity (Wildman–Crippen MR) is 35.9 cm³/mol. The zero-order valence-corrected chi connectivity index (χ0v) is 6.06. The minimum Gasteiger partial charge on any atom is -0.323 e. The van der Waals surface area contributed by atoms with Gasteiger partial charge in [0, 0.05) is 0 Å². The molecule has 0 bridgehead atoms. The Morgan fingerprint density at radius 2 is 2.10 bits per heavy atom. The predicted octanol–water partition coefficient (Wildman–Crippen LogP) is 1.62. The van der Waals surface area contributed by atoms with Crippen molar-refractivity contribution in [1.82, 2.24) is 0 Å². The van der Waals surface area contributed by atoms with Crippen LogP contribution >= 0.6 is 0 Å². The molecule has 10 heavy (non-hydrogen) atoms. The molecule has 1 nitrogen and oxygen atoms in total. The van der Waals surface area contributed by atoms with Gasteiger partial charge in [-0.15, -0.1) is 0 Å². The number of alkyl halides is 2. The molecule has 0 amide bonds. The third-order valence-electron chi connectivity index (χ3n) is 2.17. The van der Waals surface area contributed by atoms with Crippen LogP contribution in [-0.2, 0) is 0 Å². The van der Waals surface area contributed by atoms with Crippen molar-refractivity contribution in [2.75, 3.05) is 0 Å². The number of hydrogen-bond acceptors (Lipinski definition) is 1. The van der Waals surface area contributed by atoms with Crippen molar-refractivity contribution in [2.24, 2.45) is 17.6 Å². The summed E-state index contributed by atoms with van der Waals surface area (Å²) in [6, 6.07) is -0.894. The molecular formula is C7H13F2N. The van der Waals surface area contributed by atoms with E-state index in [2.05, 4.69) is 6.92 Å². The van der Waals surface area contributed by atoms with Crippen LogP contribution < -0.4 is 5.73 Å². The highest BCUT2D eigenvalue weighted by molar-refractivity contribution is 4.86. The van der Waals surface area contributed by atoms with Gasteiger partial charge in [-0.2, -0.15) is 0 Å². The van der Waals surface area contributed by atoms with Crippen LogP contribution in [0.5, 0.6) is 0 Å². The molecule has 3 unspecified atom stereocenters. The van der Waals surface area contributed by atoms with E-state index in [0.29, 0.717) is 18.3 Å². The van der Waals surface area contributed by atoms with Crippen LogP contribution in [-0.4, -0.2) is 12.5 Å². The second kappa shape index (κ2) is 2.82. The molecule has 60 valence electrons. The molecule has 1 fully saturated rings. The lowest BCUT2D eigenvalue weighted by Gasteiger charge is -2.08. The van der Waals surface area contributed by atoms with Crippen molar-refractivity contribution in [3.8, 4) is 0 Å². The topological polar surface area (TPSA) is 26.0 Å². The first-order valence-corrected chi connectivity index (χ1v) is 3.65. The normalized spacial score (nSPS) is 34.5. The average Bonchev–Trinajstić information content (AvgIpc) is 2.46. The maximum absolute atomic E-state index is 11.8. The second-order valence-corrected chi connectivity index (χ2v) is 3.21. The van der Waals surface area contributed by atoms with Gasteiger partial charge in [-0.25, -0.2) is 8.78 Å². The van der Waals surface area contributed by atoms with Crippen molar-refractivity contribution in [3.05, 3.63) is 0 Å². The lowest BCUT2D eigenvalue weighted by atomic mass is 10.1. The van der Waals surface area contributed by atoms with Gasteiger partial charge in [-0.05, 0) is 24.7 Å². The van der Waals surface area contributed by atoms with Gasteiger partial charge >= 0.3 is 0 Å². The first-order valence-electron chi connectivity index (χ1n) is 3.65. The standard InChI is InChI=1S/C7H13F2N/c1-4-2-5(4)3-6(10)7(8)9/h4-7H,2-3,10H2,1H3. The van der Waals surface area contributed by atoms with Crippen LogP contribution in [0.25, 0.3) is 0 Å². The van der Waals surface area contributed by atoms with Crippen molar-refractivity contribution in [2.45, 2.75) is 32.2 Å². The molecule has 0 aromatic rings. The van der Waals surface area contributed by atoms with Crippen LogP contribution in [0.3, 0.4) is 0 Å². The smallest absolute Gasteiger partial charge is 0.253 e.